The summed E-state index contributed by atoms with van der Waals surface area (Å²) in [6.07, 6.45) is 21.0. The molecule has 550 valence electrons. The summed E-state index contributed by atoms with van der Waals surface area (Å²) < 4.78 is 11.1. The van der Waals surface area contributed by atoms with Gasteiger partial charge < -0.3 is 22.5 Å². The van der Waals surface area contributed by atoms with Crippen molar-refractivity contribution in [2.75, 3.05) is 0 Å². The molecule has 0 amide bonds. The first kappa shape index (κ1) is 68.7. The van der Waals surface area contributed by atoms with Crippen LogP contribution in [0.4, 0.5) is 0 Å². The van der Waals surface area contributed by atoms with Gasteiger partial charge in [0.2, 0.25) is 5.82 Å². The van der Waals surface area contributed by atoms with Crippen LogP contribution in [0.2, 0.25) is 0 Å². The minimum Gasteiger partial charge on any atom is -0.322 e. The molecule has 0 N–H and O–H groups in total. The summed E-state index contributed by atoms with van der Waals surface area (Å²) >= 11 is 0. The Kier molecular flexibility index (Phi) is 17.5. The second-order valence-corrected chi connectivity index (χ2v) is 28.4. The molecule has 23 aromatic rings. The van der Waals surface area contributed by atoms with Crippen LogP contribution in [-0.4, -0.2) is 77.3 Å². The number of rotatable bonds is 12. The zero-order valence-electron chi connectivity index (χ0n) is 62.8. The van der Waals surface area contributed by atoms with Gasteiger partial charge in [0.1, 0.15) is 17.0 Å². The predicted octanol–water partition coefficient (Wildman–Crippen LogP) is 23.2. The first-order chi connectivity index (χ1) is 58.0. The van der Waals surface area contributed by atoms with Gasteiger partial charge >= 0.3 is 0 Å². The fourth-order valence-corrected chi connectivity index (χ4v) is 15.9. The summed E-state index contributed by atoms with van der Waals surface area (Å²) in [5, 5.41) is 7.53. The molecule has 0 aliphatic heterocycles. The molecule has 23 rings (SSSR count). The van der Waals surface area contributed by atoms with Gasteiger partial charge in [-0.1, -0.05) is 224 Å². The van der Waals surface area contributed by atoms with Crippen LogP contribution in [0.5, 0.6) is 0 Å². The van der Waals surface area contributed by atoms with Crippen LogP contribution in [-0.2, 0) is 0 Å². The fourth-order valence-electron chi connectivity index (χ4n) is 15.9. The number of hydrogen-bond donors (Lipinski definition) is 0. The van der Waals surface area contributed by atoms with Crippen molar-refractivity contribution in [1.29, 1.82) is 0 Å². The normalized spacial score (nSPS) is 11.4. The molecule has 0 atom stereocenters. The van der Waals surface area contributed by atoms with E-state index in [1.54, 1.807) is 6.20 Å². The van der Waals surface area contributed by atoms with Crippen LogP contribution in [0.1, 0.15) is 0 Å². The number of benzene rings is 11. The lowest BCUT2D eigenvalue weighted by molar-refractivity contribution is 1.02. The van der Waals surface area contributed by atoms with E-state index in [0.717, 1.165) is 89.6 Å². The molecule has 16 nitrogen and oxygen atoms in total. The van der Waals surface area contributed by atoms with Gasteiger partial charge in [-0.25, -0.2) is 49.8 Å². The highest BCUT2D eigenvalue weighted by atomic mass is 15.1. The highest BCUT2D eigenvalue weighted by molar-refractivity contribution is 6.11. The van der Waals surface area contributed by atoms with Crippen molar-refractivity contribution in [2.45, 2.75) is 0 Å². The van der Waals surface area contributed by atoms with Crippen LogP contribution in [0.15, 0.2) is 402 Å². The number of aromatic nitrogens is 16. The standard InChI is InChI=1S/C36H23N7.C36H24N4.C29H19N5/c1-2-10-25(11-3-1)33-40-34(30-14-8-9-21-37-30)42-36(41-33)35-38-22-26(23-39-35)24-17-19-27(20-18-24)43-31-15-6-4-12-28(31)29-13-5-7-16-32(29)43;1-2-10-26(11-3-1)35-31(24-39-21-9-8-16-34(35)39)36-37-22-27(23-38-36)25-17-19-28(20-18-25)40-32-14-6-4-12-29(32)30-13-5-7-15-33(30)40;1-3-9-26-23(7-1)24-8-2-4-10-27(24)34(26)22-14-12-20(13-15-22)21-17-30-29(31-18-21)25-19-33-16-6-5-11-28(33)32-25/h1-23H;1-24H;1-19H. The zero-order valence-corrected chi connectivity index (χ0v) is 62.8. The lowest BCUT2D eigenvalue weighted by Gasteiger charge is -2.09. The maximum absolute atomic E-state index is 4.83. The Labute approximate surface area is 670 Å². The van der Waals surface area contributed by atoms with Crippen LogP contribution >= 0.6 is 0 Å². The molecule has 117 heavy (non-hydrogen) atoms. The third-order valence-corrected chi connectivity index (χ3v) is 21.4. The van der Waals surface area contributed by atoms with E-state index in [4.69, 9.17) is 15.0 Å². The highest BCUT2D eigenvalue weighted by Crippen LogP contribution is 2.40. The van der Waals surface area contributed by atoms with Crippen molar-refractivity contribution in [3.8, 4) is 119 Å². The van der Waals surface area contributed by atoms with Crippen LogP contribution in [0, 0.1) is 0 Å². The highest BCUT2D eigenvalue weighted by Gasteiger charge is 2.21. The molecule has 0 bridgehead atoms. The molecule has 0 fully saturated rings. The molecule has 0 spiro atoms. The molecule has 16 heteroatoms. The van der Waals surface area contributed by atoms with Crippen molar-refractivity contribution in [2.24, 2.45) is 0 Å². The summed E-state index contributed by atoms with van der Waals surface area (Å²) in [5.41, 5.74) is 24.2. The molecule has 11 aromatic carbocycles. The van der Waals surface area contributed by atoms with Crippen molar-refractivity contribution in [1.82, 2.24) is 77.3 Å². The van der Waals surface area contributed by atoms with Crippen molar-refractivity contribution >= 4 is 76.6 Å². The fraction of sp³-hybridized carbons (Fsp3) is 0. The zero-order chi connectivity index (χ0) is 77.5. The minimum absolute atomic E-state index is 0.391. The molecule has 0 saturated carbocycles. The molecular weight excluding hydrogens is 1440 g/mol. The average Bonchev–Trinajstić information content (AvgIpc) is 1.60. The summed E-state index contributed by atoms with van der Waals surface area (Å²) in [6, 6.07) is 115. The quantitative estimate of drug-likeness (QED) is 0.114. The van der Waals surface area contributed by atoms with E-state index in [9.17, 15) is 0 Å². The number of nitrogens with zero attached hydrogens (tertiary/aromatic N) is 16. The summed E-state index contributed by atoms with van der Waals surface area (Å²) in [6.45, 7) is 0. The number of imidazole rings is 1. The van der Waals surface area contributed by atoms with Crippen molar-refractivity contribution in [3.05, 3.63) is 402 Å². The molecule has 12 aromatic heterocycles. The van der Waals surface area contributed by atoms with Gasteiger partial charge in [0.15, 0.2) is 29.1 Å². The third-order valence-electron chi connectivity index (χ3n) is 21.4. The number of pyridine rings is 3. The molecule has 12 heterocycles. The lowest BCUT2D eigenvalue weighted by atomic mass is 10.0. The van der Waals surface area contributed by atoms with Gasteiger partial charge in [0.05, 0.1) is 38.6 Å². The monoisotopic (exact) mass is 1500 g/mol. The van der Waals surface area contributed by atoms with Gasteiger partial charge in [0.25, 0.3) is 0 Å². The Balaban J connectivity index is 0.000000110. The van der Waals surface area contributed by atoms with Crippen LogP contribution in [0.3, 0.4) is 0 Å². The second kappa shape index (κ2) is 29.7. The average molecular weight is 1500 g/mol. The molecule has 0 saturated heterocycles. The van der Waals surface area contributed by atoms with E-state index in [2.05, 4.69) is 325 Å². The number of hydrogen-bond acceptors (Lipinski definition) is 11. The Bertz CT molecular complexity index is 7320. The number of fused-ring (bicyclic) bond motifs is 11. The molecule has 0 aliphatic carbocycles. The van der Waals surface area contributed by atoms with Gasteiger partial charge in [-0.15, -0.1) is 0 Å². The van der Waals surface area contributed by atoms with Crippen LogP contribution in [0.25, 0.3) is 196 Å². The van der Waals surface area contributed by atoms with Gasteiger partial charge in [-0.3, -0.25) is 4.98 Å². The Morgan fingerprint density at radius 3 is 0.991 bits per heavy atom. The summed E-state index contributed by atoms with van der Waals surface area (Å²) in [5.74, 6) is 3.16. The lowest BCUT2D eigenvalue weighted by Crippen LogP contribution is -2.03. The van der Waals surface area contributed by atoms with Gasteiger partial charge in [-0.05, 0) is 131 Å². The van der Waals surface area contributed by atoms with Crippen LogP contribution < -0.4 is 0 Å². The first-order valence-electron chi connectivity index (χ1n) is 38.6. The predicted molar refractivity (Wildman–Crippen MR) is 469 cm³/mol. The van der Waals surface area contributed by atoms with E-state index in [-0.39, 0.29) is 0 Å². The molecular formula is C101H66N16. The summed E-state index contributed by atoms with van der Waals surface area (Å²) in [7, 11) is 0. The van der Waals surface area contributed by atoms with Crippen molar-refractivity contribution < 1.29 is 0 Å². The van der Waals surface area contributed by atoms with Crippen molar-refractivity contribution in [3.63, 3.8) is 0 Å². The van der Waals surface area contributed by atoms with E-state index >= 15 is 0 Å². The van der Waals surface area contributed by atoms with E-state index in [0.29, 0.717) is 40.6 Å². The van der Waals surface area contributed by atoms with Gasteiger partial charge in [0, 0.05) is 151 Å². The maximum atomic E-state index is 4.83. The molecule has 0 aliphatic rings. The Morgan fingerprint density at radius 1 is 0.197 bits per heavy atom. The molecule has 0 radical (unpaired) electrons. The largest absolute Gasteiger partial charge is 0.322 e. The number of para-hydroxylation sites is 6. The maximum Gasteiger partial charge on any atom is 0.201 e. The minimum atomic E-state index is 0.391. The Hall–Kier alpha value is -16.3. The van der Waals surface area contributed by atoms with E-state index in [1.807, 2.05) is 133 Å². The second-order valence-electron chi connectivity index (χ2n) is 28.4. The smallest absolute Gasteiger partial charge is 0.201 e. The Morgan fingerprint density at radius 2 is 0.556 bits per heavy atom. The summed E-state index contributed by atoms with van der Waals surface area (Å²) in [4.78, 5) is 51.3. The molecule has 0 unspecified atom stereocenters. The first-order valence-corrected chi connectivity index (χ1v) is 38.6. The third kappa shape index (κ3) is 12.9. The van der Waals surface area contributed by atoms with E-state index in [1.165, 1.54) is 65.4 Å². The van der Waals surface area contributed by atoms with E-state index < -0.39 is 0 Å². The topological polar surface area (TPSA) is 165 Å². The SMILES string of the molecule is c1ccc(-c2c(-c3ncc(-c4ccc(-n5c6ccccc6c6ccccc65)cc4)cn3)cn3ccccc23)cc1.c1ccc(-c2nc(-c3ccccn3)nc(-c3ncc(-c4ccc(-n5c6ccccc6c6ccccc65)cc4)cn3)n2)cc1.c1ccc2c(c1)c1ccccc1n2-c1ccc(-c2cnc(-c3cn4ccccc4n3)nc2)cc1. The van der Waals surface area contributed by atoms with Gasteiger partial charge in [-0.2, -0.15) is 0 Å².